The van der Waals surface area contributed by atoms with Gasteiger partial charge in [0.25, 0.3) is 0 Å². The van der Waals surface area contributed by atoms with E-state index in [0.717, 1.165) is 53.8 Å². The maximum atomic E-state index is 6.16. The highest BCUT2D eigenvalue weighted by atomic mass is 35.5. The van der Waals surface area contributed by atoms with Gasteiger partial charge in [0.15, 0.2) is 0 Å². The molecule has 0 unspecified atom stereocenters. The molecule has 2 heterocycles. The Bertz CT molecular complexity index is 764. The fourth-order valence-corrected chi connectivity index (χ4v) is 3.27. The Morgan fingerprint density at radius 2 is 1.91 bits per heavy atom. The van der Waals surface area contributed by atoms with Crippen molar-refractivity contribution in [2.24, 2.45) is 4.99 Å². The summed E-state index contributed by atoms with van der Waals surface area (Å²) in [5.74, 6) is 0. The first-order valence-corrected chi connectivity index (χ1v) is 8.26. The zero-order valence-electron chi connectivity index (χ0n) is 13.1. The number of hydrogen-bond acceptors (Lipinski definition) is 4. The number of nitrogens with zero attached hydrogens (tertiary/aromatic N) is 3. The summed E-state index contributed by atoms with van der Waals surface area (Å²) in [6.07, 6.45) is 1.90. The monoisotopic (exact) mass is 326 g/mol. The van der Waals surface area contributed by atoms with Crippen LogP contribution in [0.15, 0.2) is 41.4 Å². The van der Waals surface area contributed by atoms with Crippen molar-refractivity contribution in [1.29, 1.82) is 0 Å². The van der Waals surface area contributed by atoms with Crippen LogP contribution in [0, 0.1) is 0 Å². The van der Waals surface area contributed by atoms with Gasteiger partial charge in [0, 0.05) is 48.7 Å². The van der Waals surface area contributed by atoms with E-state index in [1.54, 1.807) is 0 Å². The number of hydrogen-bond donors (Lipinski definition) is 1. The van der Waals surface area contributed by atoms with Gasteiger partial charge in [-0.3, -0.25) is 4.99 Å². The highest BCUT2D eigenvalue weighted by Gasteiger charge is 2.20. The summed E-state index contributed by atoms with van der Waals surface area (Å²) in [6, 6.07) is 12.1. The van der Waals surface area contributed by atoms with E-state index in [1.165, 1.54) is 5.69 Å². The first-order chi connectivity index (χ1) is 11.2. The minimum Gasteiger partial charge on any atom is -0.367 e. The number of para-hydroxylation sites is 1. The number of likely N-dealkylation sites (N-methyl/N-ethyl adjacent to an activating group) is 1. The number of benzene rings is 2. The van der Waals surface area contributed by atoms with Crippen molar-refractivity contribution in [3.63, 3.8) is 0 Å². The van der Waals surface area contributed by atoms with Crippen LogP contribution in [0.5, 0.6) is 0 Å². The minimum atomic E-state index is 0.727. The lowest BCUT2D eigenvalue weighted by Gasteiger charge is -2.35. The SMILES string of the molecule is CN1CCN(c2cccc3c2Nc2cc(Cl)ccc2C=N3)CC1. The van der Waals surface area contributed by atoms with E-state index in [9.17, 15) is 0 Å². The first kappa shape index (κ1) is 14.5. The van der Waals surface area contributed by atoms with Crippen LogP contribution in [0.25, 0.3) is 0 Å². The summed E-state index contributed by atoms with van der Waals surface area (Å²) < 4.78 is 0. The third-order valence-corrected chi connectivity index (χ3v) is 4.72. The normalized spacial score (nSPS) is 17.2. The molecule has 118 valence electrons. The molecule has 0 aromatic heterocycles. The van der Waals surface area contributed by atoms with Crippen LogP contribution in [-0.2, 0) is 0 Å². The maximum Gasteiger partial charge on any atom is 0.0886 e. The lowest BCUT2D eigenvalue weighted by molar-refractivity contribution is 0.313. The van der Waals surface area contributed by atoms with Crippen molar-refractivity contribution in [3.8, 4) is 0 Å². The van der Waals surface area contributed by atoms with Crippen molar-refractivity contribution in [3.05, 3.63) is 47.0 Å². The molecule has 4 nitrogen and oxygen atoms in total. The molecule has 2 aliphatic rings. The number of nitrogens with one attached hydrogen (secondary N) is 1. The zero-order valence-corrected chi connectivity index (χ0v) is 13.8. The van der Waals surface area contributed by atoms with Gasteiger partial charge < -0.3 is 15.1 Å². The smallest absolute Gasteiger partial charge is 0.0886 e. The first-order valence-electron chi connectivity index (χ1n) is 7.88. The van der Waals surface area contributed by atoms with Gasteiger partial charge in [0.1, 0.15) is 0 Å². The van der Waals surface area contributed by atoms with E-state index in [2.05, 4.69) is 39.3 Å². The zero-order chi connectivity index (χ0) is 15.8. The van der Waals surface area contributed by atoms with Gasteiger partial charge in [0.2, 0.25) is 0 Å². The van der Waals surface area contributed by atoms with E-state index < -0.39 is 0 Å². The Morgan fingerprint density at radius 3 is 2.74 bits per heavy atom. The Kier molecular flexibility index (Phi) is 3.71. The van der Waals surface area contributed by atoms with Crippen LogP contribution in [0.1, 0.15) is 5.56 Å². The number of rotatable bonds is 1. The van der Waals surface area contributed by atoms with Crippen molar-refractivity contribution < 1.29 is 0 Å². The second-order valence-corrected chi connectivity index (χ2v) is 6.51. The van der Waals surface area contributed by atoms with Crippen molar-refractivity contribution >= 4 is 40.6 Å². The quantitative estimate of drug-likeness (QED) is 0.736. The maximum absolute atomic E-state index is 6.16. The predicted octanol–water partition coefficient (Wildman–Crippen LogP) is 3.90. The Morgan fingerprint density at radius 1 is 1.09 bits per heavy atom. The molecule has 0 aliphatic carbocycles. The number of anilines is 3. The fraction of sp³-hybridized carbons (Fsp3) is 0.278. The molecule has 0 spiro atoms. The summed E-state index contributed by atoms with van der Waals surface area (Å²) in [5, 5.41) is 4.28. The molecule has 2 aromatic rings. The summed E-state index contributed by atoms with van der Waals surface area (Å²) in [6.45, 7) is 4.21. The standard InChI is InChI=1S/C18H19ClN4/c1-22-7-9-23(10-8-22)17-4-2-3-15-18(17)21-16-11-14(19)6-5-13(16)12-20-15/h2-6,11-12,21H,7-10H2,1H3. The summed E-state index contributed by atoms with van der Waals surface area (Å²) in [4.78, 5) is 9.45. The lowest BCUT2D eigenvalue weighted by atomic mass is 10.1. The third-order valence-electron chi connectivity index (χ3n) is 4.48. The van der Waals surface area contributed by atoms with E-state index in [0.29, 0.717) is 0 Å². The molecule has 1 N–H and O–H groups in total. The number of fused-ring (bicyclic) bond motifs is 2. The third kappa shape index (κ3) is 2.80. The second kappa shape index (κ2) is 5.87. The van der Waals surface area contributed by atoms with Crippen LogP contribution in [0.3, 0.4) is 0 Å². The Hall–Kier alpha value is -2.04. The average molecular weight is 327 g/mol. The fourth-order valence-electron chi connectivity index (χ4n) is 3.10. The molecule has 1 fully saturated rings. The van der Waals surface area contributed by atoms with Crippen molar-refractivity contribution in [2.45, 2.75) is 0 Å². The second-order valence-electron chi connectivity index (χ2n) is 6.08. The highest BCUT2D eigenvalue weighted by Crippen LogP contribution is 2.40. The molecular weight excluding hydrogens is 308 g/mol. The average Bonchev–Trinajstić information content (AvgIpc) is 2.74. The van der Waals surface area contributed by atoms with E-state index in [-0.39, 0.29) is 0 Å². The molecule has 0 atom stereocenters. The van der Waals surface area contributed by atoms with Gasteiger partial charge in [-0.05, 0) is 37.4 Å². The molecule has 2 aliphatic heterocycles. The van der Waals surface area contributed by atoms with Crippen LogP contribution < -0.4 is 10.2 Å². The lowest BCUT2D eigenvalue weighted by Crippen LogP contribution is -2.44. The van der Waals surface area contributed by atoms with E-state index in [1.807, 2.05) is 30.5 Å². The molecule has 2 aromatic carbocycles. The molecule has 0 saturated carbocycles. The molecule has 1 saturated heterocycles. The molecule has 4 rings (SSSR count). The number of aliphatic imine (C=N–C) groups is 1. The topological polar surface area (TPSA) is 30.9 Å². The largest absolute Gasteiger partial charge is 0.367 e. The molecule has 0 radical (unpaired) electrons. The van der Waals surface area contributed by atoms with E-state index in [4.69, 9.17) is 11.6 Å². The van der Waals surface area contributed by atoms with Gasteiger partial charge in [-0.1, -0.05) is 17.7 Å². The summed E-state index contributed by atoms with van der Waals surface area (Å²) in [7, 11) is 2.17. The Balaban J connectivity index is 1.75. The van der Waals surface area contributed by atoms with Gasteiger partial charge in [-0.25, -0.2) is 0 Å². The molecule has 23 heavy (non-hydrogen) atoms. The van der Waals surface area contributed by atoms with Gasteiger partial charge in [0.05, 0.1) is 17.1 Å². The van der Waals surface area contributed by atoms with Gasteiger partial charge >= 0.3 is 0 Å². The van der Waals surface area contributed by atoms with Gasteiger partial charge in [-0.2, -0.15) is 0 Å². The van der Waals surface area contributed by atoms with E-state index >= 15 is 0 Å². The minimum absolute atomic E-state index is 0.727. The van der Waals surface area contributed by atoms with Crippen molar-refractivity contribution in [1.82, 2.24) is 4.90 Å². The number of halogens is 1. The molecule has 0 bridgehead atoms. The van der Waals surface area contributed by atoms with Gasteiger partial charge in [-0.15, -0.1) is 0 Å². The van der Waals surface area contributed by atoms with Crippen molar-refractivity contribution in [2.75, 3.05) is 43.4 Å². The summed E-state index contributed by atoms with van der Waals surface area (Å²) >= 11 is 6.16. The predicted molar refractivity (Wildman–Crippen MR) is 98.1 cm³/mol. The highest BCUT2D eigenvalue weighted by molar-refractivity contribution is 6.31. The molecular formula is C18H19ClN4. The Labute approximate surface area is 141 Å². The van der Waals surface area contributed by atoms with Crippen LogP contribution >= 0.6 is 11.6 Å². The molecule has 5 heteroatoms. The summed E-state index contributed by atoms with van der Waals surface area (Å²) in [5.41, 5.74) is 5.29. The molecule has 0 amide bonds. The van der Waals surface area contributed by atoms with Crippen LogP contribution in [-0.4, -0.2) is 44.3 Å². The van der Waals surface area contributed by atoms with Crippen LogP contribution in [0.4, 0.5) is 22.7 Å². The number of piperazine rings is 1. The van der Waals surface area contributed by atoms with Crippen LogP contribution in [0.2, 0.25) is 5.02 Å².